The van der Waals surface area contributed by atoms with Crippen LogP contribution in [0.4, 0.5) is 0 Å². The van der Waals surface area contributed by atoms with Crippen LogP contribution in [0.5, 0.6) is 0 Å². The molecule has 1 aromatic carbocycles. The van der Waals surface area contributed by atoms with Gasteiger partial charge in [-0.25, -0.2) is 0 Å². The van der Waals surface area contributed by atoms with E-state index in [-0.39, 0.29) is 18.5 Å². The van der Waals surface area contributed by atoms with E-state index >= 15 is 0 Å². The van der Waals surface area contributed by atoms with Crippen LogP contribution < -0.4 is 5.32 Å². The first-order valence-corrected chi connectivity index (χ1v) is 6.55. The molecule has 3 rings (SSSR count). The zero-order valence-electron chi connectivity index (χ0n) is 11.4. The maximum Gasteiger partial charge on any atom is 0.0952 e. The summed E-state index contributed by atoms with van der Waals surface area (Å²) in [5, 5.41) is 11.0. The van der Waals surface area contributed by atoms with Gasteiger partial charge in [-0.3, -0.25) is 0 Å². The molecular weight excluding hydrogens is 274 g/mol. The van der Waals surface area contributed by atoms with Gasteiger partial charge in [-0.2, -0.15) is 10.2 Å². The third-order valence-corrected chi connectivity index (χ3v) is 3.52. The molecule has 1 aliphatic rings. The number of likely N-dealkylation sites (N-methyl/N-ethyl adjacent to an activating group) is 1. The standard InChI is InChI=1S/C15H17N3O.ClH/c1-16-10-15-14-4-2-3-12(13(14)6-8-19-15)11-5-7-17-18-9-11;/h2-5,7,9,15-16H,6,8,10H2,1H3;1H/t15-;/m1./s1. The minimum Gasteiger partial charge on any atom is -0.372 e. The molecule has 0 fully saturated rings. The number of aromatic nitrogens is 2. The van der Waals surface area contributed by atoms with Gasteiger partial charge >= 0.3 is 0 Å². The van der Waals surface area contributed by atoms with Crippen LogP contribution in [0.25, 0.3) is 11.1 Å². The van der Waals surface area contributed by atoms with Gasteiger partial charge in [0.25, 0.3) is 0 Å². The molecule has 106 valence electrons. The smallest absolute Gasteiger partial charge is 0.0952 e. The summed E-state index contributed by atoms with van der Waals surface area (Å²) in [5.41, 5.74) is 5.03. The van der Waals surface area contributed by atoms with Crippen molar-refractivity contribution >= 4 is 12.4 Å². The SMILES string of the molecule is CNC[C@H]1OCCc2c(-c3ccnnc3)cccc21.Cl. The minimum atomic E-state index is 0. The van der Waals surface area contributed by atoms with Gasteiger partial charge in [0.2, 0.25) is 0 Å². The molecule has 0 bridgehead atoms. The predicted octanol–water partition coefficient (Wildman–Crippen LogP) is 2.40. The molecule has 1 atom stereocenters. The number of nitrogens with one attached hydrogen (secondary N) is 1. The normalized spacial score (nSPS) is 17.1. The van der Waals surface area contributed by atoms with E-state index in [0.717, 1.165) is 25.1 Å². The van der Waals surface area contributed by atoms with Crippen LogP contribution in [-0.2, 0) is 11.2 Å². The summed E-state index contributed by atoms with van der Waals surface area (Å²) in [6.45, 7) is 1.61. The molecule has 5 heteroatoms. The van der Waals surface area contributed by atoms with Crippen molar-refractivity contribution in [3.8, 4) is 11.1 Å². The van der Waals surface area contributed by atoms with E-state index in [4.69, 9.17) is 4.74 Å². The van der Waals surface area contributed by atoms with Gasteiger partial charge in [0.1, 0.15) is 0 Å². The Hall–Kier alpha value is -1.49. The van der Waals surface area contributed by atoms with Crippen LogP contribution in [-0.4, -0.2) is 30.4 Å². The molecule has 0 spiro atoms. The third-order valence-electron chi connectivity index (χ3n) is 3.52. The molecule has 0 amide bonds. The van der Waals surface area contributed by atoms with Gasteiger partial charge in [-0.05, 0) is 36.2 Å². The van der Waals surface area contributed by atoms with E-state index in [2.05, 4.69) is 33.7 Å². The van der Waals surface area contributed by atoms with E-state index in [0.29, 0.717) is 0 Å². The lowest BCUT2D eigenvalue weighted by atomic mass is 9.90. The highest BCUT2D eigenvalue weighted by molar-refractivity contribution is 5.85. The van der Waals surface area contributed by atoms with Gasteiger partial charge in [-0.1, -0.05) is 18.2 Å². The molecule has 0 aliphatic carbocycles. The number of hydrogen-bond acceptors (Lipinski definition) is 4. The van der Waals surface area contributed by atoms with Crippen molar-refractivity contribution in [1.29, 1.82) is 0 Å². The molecule has 0 saturated carbocycles. The average molecular weight is 292 g/mol. The second-order valence-corrected chi connectivity index (χ2v) is 4.67. The Labute approximate surface area is 125 Å². The van der Waals surface area contributed by atoms with E-state index < -0.39 is 0 Å². The Kier molecular flexibility index (Phi) is 5.06. The van der Waals surface area contributed by atoms with Crippen molar-refractivity contribution < 1.29 is 4.74 Å². The van der Waals surface area contributed by atoms with Crippen LogP contribution in [0.3, 0.4) is 0 Å². The lowest BCUT2D eigenvalue weighted by Gasteiger charge is -2.27. The topological polar surface area (TPSA) is 47.0 Å². The lowest BCUT2D eigenvalue weighted by molar-refractivity contribution is 0.0440. The fraction of sp³-hybridized carbons (Fsp3) is 0.333. The monoisotopic (exact) mass is 291 g/mol. The summed E-state index contributed by atoms with van der Waals surface area (Å²) < 4.78 is 5.85. The fourth-order valence-electron chi connectivity index (χ4n) is 2.65. The predicted molar refractivity (Wildman–Crippen MR) is 81.0 cm³/mol. The number of fused-ring (bicyclic) bond motifs is 1. The molecule has 1 aliphatic heterocycles. The van der Waals surface area contributed by atoms with Gasteiger partial charge in [0.05, 0.1) is 25.1 Å². The highest BCUT2D eigenvalue weighted by atomic mass is 35.5. The van der Waals surface area contributed by atoms with Gasteiger partial charge in [0, 0.05) is 12.1 Å². The summed E-state index contributed by atoms with van der Waals surface area (Å²) in [5.74, 6) is 0. The molecule has 4 nitrogen and oxygen atoms in total. The van der Waals surface area contributed by atoms with E-state index in [1.54, 1.807) is 6.20 Å². The first-order valence-electron chi connectivity index (χ1n) is 6.55. The highest BCUT2D eigenvalue weighted by Gasteiger charge is 2.22. The van der Waals surface area contributed by atoms with Gasteiger partial charge in [0.15, 0.2) is 0 Å². The van der Waals surface area contributed by atoms with E-state index in [1.807, 2.05) is 19.3 Å². The van der Waals surface area contributed by atoms with Gasteiger partial charge in [-0.15, -0.1) is 12.4 Å². The van der Waals surface area contributed by atoms with Crippen molar-refractivity contribution in [2.45, 2.75) is 12.5 Å². The largest absolute Gasteiger partial charge is 0.372 e. The molecule has 2 heterocycles. The maximum absolute atomic E-state index is 5.85. The highest BCUT2D eigenvalue weighted by Crippen LogP contribution is 2.33. The Balaban J connectivity index is 0.00000147. The van der Waals surface area contributed by atoms with Gasteiger partial charge < -0.3 is 10.1 Å². The summed E-state index contributed by atoms with van der Waals surface area (Å²) in [4.78, 5) is 0. The Bertz CT molecular complexity index is 562. The van der Waals surface area contributed by atoms with Crippen LogP contribution >= 0.6 is 12.4 Å². The Morgan fingerprint density at radius 2 is 2.20 bits per heavy atom. The summed E-state index contributed by atoms with van der Waals surface area (Å²) in [6, 6.07) is 8.41. The molecule has 0 saturated heterocycles. The quantitative estimate of drug-likeness (QED) is 0.943. The van der Waals surface area contributed by atoms with Crippen LogP contribution in [0.2, 0.25) is 0 Å². The number of benzene rings is 1. The molecule has 1 N–H and O–H groups in total. The van der Waals surface area contributed by atoms with Crippen molar-refractivity contribution in [3.63, 3.8) is 0 Å². The van der Waals surface area contributed by atoms with Crippen molar-refractivity contribution in [2.75, 3.05) is 20.2 Å². The zero-order valence-corrected chi connectivity index (χ0v) is 12.2. The van der Waals surface area contributed by atoms with Crippen LogP contribution in [0.1, 0.15) is 17.2 Å². The van der Waals surface area contributed by atoms with Crippen molar-refractivity contribution in [2.24, 2.45) is 0 Å². The number of nitrogens with zero attached hydrogens (tertiary/aromatic N) is 2. The Morgan fingerprint density at radius 1 is 1.30 bits per heavy atom. The average Bonchev–Trinajstić information content (AvgIpc) is 2.48. The molecule has 20 heavy (non-hydrogen) atoms. The molecule has 2 aromatic rings. The second-order valence-electron chi connectivity index (χ2n) is 4.67. The molecule has 1 aromatic heterocycles. The van der Waals surface area contributed by atoms with E-state index in [1.165, 1.54) is 16.7 Å². The zero-order chi connectivity index (χ0) is 13.1. The number of halogens is 1. The molecule has 0 radical (unpaired) electrons. The maximum atomic E-state index is 5.85. The second kappa shape index (κ2) is 6.79. The number of rotatable bonds is 3. The summed E-state index contributed by atoms with van der Waals surface area (Å²) in [7, 11) is 1.95. The molecular formula is C15H18ClN3O. The van der Waals surface area contributed by atoms with E-state index in [9.17, 15) is 0 Å². The first kappa shape index (κ1) is 14.9. The first-order chi connectivity index (χ1) is 9.40. The Morgan fingerprint density at radius 3 is 2.95 bits per heavy atom. The fourth-order valence-corrected chi connectivity index (χ4v) is 2.65. The number of ether oxygens (including phenoxy) is 1. The summed E-state index contributed by atoms with van der Waals surface area (Å²) >= 11 is 0. The lowest BCUT2D eigenvalue weighted by Crippen LogP contribution is -2.25. The summed E-state index contributed by atoms with van der Waals surface area (Å²) in [6.07, 6.45) is 4.65. The minimum absolute atomic E-state index is 0. The molecule has 0 unspecified atom stereocenters. The van der Waals surface area contributed by atoms with Crippen LogP contribution in [0.15, 0.2) is 36.7 Å². The van der Waals surface area contributed by atoms with Crippen molar-refractivity contribution in [1.82, 2.24) is 15.5 Å². The number of hydrogen-bond donors (Lipinski definition) is 1. The van der Waals surface area contributed by atoms with Crippen LogP contribution in [0, 0.1) is 0 Å². The third kappa shape index (κ3) is 2.82. The van der Waals surface area contributed by atoms with Crippen molar-refractivity contribution in [3.05, 3.63) is 47.8 Å².